The maximum Gasteiger partial charge on any atom is 0.0404 e. The van der Waals surface area contributed by atoms with E-state index >= 15 is 0 Å². The van der Waals surface area contributed by atoms with Crippen LogP contribution in [0, 0.1) is 0 Å². The first-order valence-electron chi connectivity index (χ1n) is 21.4. The molecule has 0 spiro atoms. The molecule has 0 aliphatic rings. The van der Waals surface area contributed by atoms with Crippen molar-refractivity contribution in [2.45, 2.75) is 124 Å². The molecule has 0 atom stereocenters. The van der Waals surface area contributed by atoms with Crippen molar-refractivity contribution in [1.82, 2.24) is 9.97 Å². The Morgan fingerprint density at radius 2 is 0.564 bits per heavy atom. The summed E-state index contributed by atoms with van der Waals surface area (Å²) in [6.45, 7) is 8.91. The van der Waals surface area contributed by atoms with Gasteiger partial charge in [0.1, 0.15) is 0 Å². The lowest BCUT2D eigenvalue weighted by molar-refractivity contribution is 0.605. The zero-order chi connectivity index (χ0) is 38.5. The Balaban J connectivity index is 0.000000211. The molecular formula is C53H64N2. The first-order valence-corrected chi connectivity index (χ1v) is 21.4. The number of hydrogen-bond donors (Lipinski definition) is 0. The highest BCUT2D eigenvalue weighted by molar-refractivity contribution is 5.71. The molecule has 0 bridgehead atoms. The Morgan fingerprint density at radius 1 is 0.291 bits per heavy atom. The van der Waals surface area contributed by atoms with Crippen LogP contribution in [0.4, 0.5) is 0 Å². The van der Waals surface area contributed by atoms with Gasteiger partial charge in [-0.05, 0) is 95.2 Å². The number of aromatic nitrogens is 2. The molecule has 0 radical (unpaired) electrons. The van der Waals surface area contributed by atoms with Crippen LogP contribution in [0.5, 0.6) is 0 Å². The Morgan fingerprint density at radius 3 is 0.855 bits per heavy atom. The van der Waals surface area contributed by atoms with Gasteiger partial charge >= 0.3 is 0 Å². The third-order valence-corrected chi connectivity index (χ3v) is 10.8. The van der Waals surface area contributed by atoms with Gasteiger partial charge < -0.3 is 0 Å². The predicted molar refractivity (Wildman–Crippen MR) is 239 cm³/mol. The number of hydrogen-bond acceptors (Lipinski definition) is 2. The molecular weight excluding hydrogens is 665 g/mol. The fourth-order valence-electron chi connectivity index (χ4n) is 7.06. The van der Waals surface area contributed by atoms with Crippen molar-refractivity contribution in [2.24, 2.45) is 0 Å². The highest BCUT2D eigenvalue weighted by Crippen LogP contribution is 2.27. The van der Waals surface area contributed by atoms with E-state index < -0.39 is 0 Å². The number of benzene rings is 4. The Kier molecular flexibility index (Phi) is 17.4. The number of nitrogens with zero attached hydrogens (tertiary/aromatic N) is 2. The van der Waals surface area contributed by atoms with Gasteiger partial charge in [0.2, 0.25) is 0 Å². The lowest BCUT2D eigenvalue weighted by Crippen LogP contribution is -1.91. The molecule has 0 N–H and O–H groups in total. The Hall–Kier alpha value is -4.82. The summed E-state index contributed by atoms with van der Waals surface area (Å²) in [6.07, 6.45) is 23.0. The van der Waals surface area contributed by atoms with Gasteiger partial charge in [0.15, 0.2) is 0 Å². The monoisotopic (exact) mass is 729 g/mol. The molecule has 0 aliphatic heterocycles. The van der Waals surface area contributed by atoms with Crippen molar-refractivity contribution in [2.75, 3.05) is 0 Å². The van der Waals surface area contributed by atoms with E-state index in [1.54, 1.807) is 0 Å². The van der Waals surface area contributed by atoms with Crippen LogP contribution in [0.3, 0.4) is 0 Å². The summed E-state index contributed by atoms with van der Waals surface area (Å²) >= 11 is 0. The van der Waals surface area contributed by atoms with Crippen LogP contribution in [0.15, 0.2) is 134 Å². The van der Waals surface area contributed by atoms with Crippen LogP contribution < -0.4 is 0 Å². The quantitative estimate of drug-likeness (QED) is 0.0776. The summed E-state index contributed by atoms with van der Waals surface area (Å²) in [5.74, 6) is 0. The number of pyridine rings is 2. The average Bonchev–Trinajstić information content (AvgIpc) is 3.26. The molecule has 2 heteroatoms. The molecule has 6 rings (SSSR count). The smallest absolute Gasteiger partial charge is 0.0404 e. The molecule has 0 saturated heterocycles. The van der Waals surface area contributed by atoms with E-state index in [9.17, 15) is 0 Å². The summed E-state index contributed by atoms with van der Waals surface area (Å²) in [5, 5.41) is 0. The molecule has 0 amide bonds. The van der Waals surface area contributed by atoms with Gasteiger partial charge in [0.25, 0.3) is 0 Å². The van der Waals surface area contributed by atoms with Crippen molar-refractivity contribution in [3.63, 3.8) is 0 Å². The van der Waals surface area contributed by atoms with E-state index in [0.29, 0.717) is 0 Å². The second kappa shape index (κ2) is 23.2. The van der Waals surface area contributed by atoms with Crippen LogP contribution >= 0.6 is 0 Å². The molecule has 286 valence electrons. The molecule has 55 heavy (non-hydrogen) atoms. The summed E-state index contributed by atoms with van der Waals surface area (Å²) in [4.78, 5) is 9.36. The van der Waals surface area contributed by atoms with Gasteiger partial charge in [0, 0.05) is 34.9 Å². The van der Waals surface area contributed by atoms with Crippen LogP contribution in [-0.2, 0) is 25.7 Å². The standard InChI is InChI=1S/C27H33N.C26H31N/c1-3-5-6-7-8-9-10-27-20-19-26(21-28-27)25-17-15-24(16-18-25)23-13-11-22(4-2)12-14-23;1-3-5-6-7-8-9-26-19-18-25(20-27-26)24-16-14-23(15-17-24)22-12-10-21(4-2)11-13-22/h11-21H,3-10H2,1-2H3;10-20H,3-9H2,1-2H3. The average molecular weight is 729 g/mol. The van der Waals surface area contributed by atoms with Crippen LogP contribution in [0.1, 0.15) is 121 Å². The van der Waals surface area contributed by atoms with Crippen LogP contribution in [-0.4, -0.2) is 9.97 Å². The van der Waals surface area contributed by atoms with E-state index in [4.69, 9.17) is 0 Å². The minimum Gasteiger partial charge on any atom is -0.261 e. The SMILES string of the molecule is CCCCCCCCc1ccc(-c2ccc(-c3ccc(CC)cc3)cc2)cn1.CCCCCCCc1ccc(-c2ccc(-c3ccc(CC)cc3)cc2)cn1. The summed E-state index contributed by atoms with van der Waals surface area (Å²) in [7, 11) is 0. The van der Waals surface area contributed by atoms with Gasteiger partial charge in [-0.15, -0.1) is 0 Å². The van der Waals surface area contributed by atoms with Gasteiger partial charge in [-0.25, -0.2) is 0 Å². The predicted octanol–water partition coefficient (Wildman–Crippen LogP) is 15.4. The minimum atomic E-state index is 1.08. The van der Waals surface area contributed by atoms with Crippen molar-refractivity contribution < 1.29 is 0 Å². The fraction of sp³-hybridized carbons (Fsp3) is 0.358. The summed E-state index contributed by atoms with van der Waals surface area (Å²) < 4.78 is 0. The third-order valence-electron chi connectivity index (χ3n) is 10.8. The molecule has 6 aromatic rings. The van der Waals surface area contributed by atoms with Crippen LogP contribution in [0.25, 0.3) is 44.5 Å². The van der Waals surface area contributed by atoms with Crippen LogP contribution in [0.2, 0.25) is 0 Å². The lowest BCUT2D eigenvalue weighted by Gasteiger charge is -2.07. The molecule has 4 aromatic carbocycles. The number of unbranched alkanes of at least 4 members (excludes halogenated alkanes) is 9. The van der Waals surface area contributed by atoms with Crippen molar-refractivity contribution >= 4 is 0 Å². The van der Waals surface area contributed by atoms with E-state index in [-0.39, 0.29) is 0 Å². The number of rotatable bonds is 19. The van der Waals surface area contributed by atoms with E-state index in [0.717, 1.165) is 25.7 Å². The number of aryl methyl sites for hydroxylation is 4. The summed E-state index contributed by atoms with van der Waals surface area (Å²) in [5.41, 5.74) is 15.1. The maximum atomic E-state index is 4.69. The normalized spacial score (nSPS) is 10.9. The van der Waals surface area contributed by atoms with Gasteiger partial charge in [-0.3, -0.25) is 9.97 Å². The zero-order valence-electron chi connectivity index (χ0n) is 34.2. The molecule has 0 aliphatic carbocycles. The highest BCUT2D eigenvalue weighted by Gasteiger charge is 2.05. The van der Waals surface area contributed by atoms with Crippen molar-refractivity contribution in [3.05, 3.63) is 156 Å². The van der Waals surface area contributed by atoms with Gasteiger partial charge in [-0.1, -0.05) is 195 Å². The molecule has 2 heterocycles. The third kappa shape index (κ3) is 13.5. The van der Waals surface area contributed by atoms with E-state index in [1.807, 2.05) is 12.4 Å². The van der Waals surface area contributed by atoms with E-state index in [2.05, 4.69) is 159 Å². The zero-order valence-corrected chi connectivity index (χ0v) is 34.2. The minimum absolute atomic E-state index is 1.08. The summed E-state index contributed by atoms with van der Waals surface area (Å²) in [6, 6.07) is 44.2. The molecule has 2 nitrogen and oxygen atoms in total. The first-order chi connectivity index (χ1) is 27.1. The maximum absolute atomic E-state index is 4.69. The Labute approximate surface area is 333 Å². The molecule has 0 saturated carbocycles. The second-order valence-electron chi connectivity index (χ2n) is 15.0. The fourth-order valence-corrected chi connectivity index (χ4v) is 7.06. The van der Waals surface area contributed by atoms with Crippen molar-refractivity contribution in [1.29, 1.82) is 0 Å². The first kappa shape index (κ1) is 41.3. The highest BCUT2D eigenvalue weighted by atomic mass is 14.7. The topological polar surface area (TPSA) is 25.8 Å². The van der Waals surface area contributed by atoms with E-state index in [1.165, 1.54) is 138 Å². The lowest BCUT2D eigenvalue weighted by atomic mass is 9.99. The second-order valence-corrected chi connectivity index (χ2v) is 15.0. The molecule has 0 unspecified atom stereocenters. The largest absolute Gasteiger partial charge is 0.261 e. The molecule has 0 fully saturated rings. The molecule has 2 aromatic heterocycles. The van der Waals surface area contributed by atoms with Gasteiger partial charge in [0.05, 0.1) is 0 Å². The Bertz CT molecular complexity index is 1900. The van der Waals surface area contributed by atoms with Crippen molar-refractivity contribution in [3.8, 4) is 44.5 Å². The van der Waals surface area contributed by atoms with Gasteiger partial charge in [-0.2, -0.15) is 0 Å².